The molecule has 0 aromatic heterocycles. The fourth-order valence-electron chi connectivity index (χ4n) is 4.19. The molecular formula is C26H32N2O5. The van der Waals surface area contributed by atoms with Crippen molar-refractivity contribution < 1.29 is 24.2 Å². The van der Waals surface area contributed by atoms with Crippen LogP contribution in [0.1, 0.15) is 44.2 Å². The Labute approximate surface area is 194 Å². The molecule has 1 aliphatic carbocycles. The van der Waals surface area contributed by atoms with Crippen molar-refractivity contribution in [2.45, 2.75) is 33.1 Å². The number of hydrogen-bond acceptors (Lipinski definition) is 4. The minimum Gasteiger partial charge on any atom is -0.481 e. The Balaban J connectivity index is 1.56. The fraction of sp³-hybridized carbons (Fsp3) is 0.423. The Bertz CT molecular complexity index is 958. The van der Waals surface area contributed by atoms with Gasteiger partial charge in [0.25, 0.3) is 0 Å². The van der Waals surface area contributed by atoms with Crippen LogP contribution in [-0.4, -0.2) is 42.8 Å². The van der Waals surface area contributed by atoms with Gasteiger partial charge in [-0.15, -0.1) is 0 Å². The zero-order valence-electron chi connectivity index (χ0n) is 19.3. The Morgan fingerprint density at radius 1 is 0.909 bits per heavy atom. The molecule has 0 aliphatic heterocycles. The van der Waals surface area contributed by atoms with Crippen LogP contribution in [0.4, 0.5) is 4.79 Å². The molecule has 33 heavy (non-hydrogen) atoms. The van der Waals surface area contributed by atoms with Crippen LogP contribution in [0.5, 0.6) is 0 Å². The Morgan fingerprint density at radius 2 is 1.48 bits per heavy atom. The first-order valence-corrected chi connectivity index (χ1v) is 11.4. The largest absolute Gasteiger partial charge is 0.481 e. The minimum absolute atomic E-state index is 0.0320. The normalized spacial score (nSPS) is 14.2. The second-order valence-electron chi connectivity index (χ2n) is 9.02. The van der Waals surface area contributed by atoms with E-state index in [-0.39, 0.29) is 37.4 Å². The highest BCUT2D eigenvalue weighted by Crippen LogP contribution is 2.44. The molecule has 0 radical (unpaired) electrons. The van der Waals surface area contributed by atoms with Gasteiger partial charge in [-0.3, -0.25) is 9.59 Å². The summed E-state index contributed by atoms with van der Waals surface area (Å²) < 4.78 is 5.54. The molecule has 0 spiro atoms. The molecular weight excluding hydrogens is 420 g/mol. The predicted molar refractivity (Wildman–Crippen MR) is 126 cm³/mol. The smallest absolute Gasteiger partial charge is 0.407 e. The summed E-state index contributed by atoms with van der Waals surface area (Å²) in [4.78, 5) is 36.0. The van der Waals surface area contributed by atoms with Crippen molar-refractivity contribution in [1.82, 2.24) is 10.6 Å². The monoisotopic (exact) mass is 452 g/mol. The Hall–Kier alpha value is -3.35. The van der Waals surface area contributed by atoms with Gasteiger partial charge < -0.3 is 20.5 Å². The molecule has 7 nitrogen and oxygen atoms in total. The first-order chi connectivity index (χ1) is 15.8. The lowest BCUT2D eigenvalue weighted by Gasteiger charge is -2.20. The van der Waals surface area contributed by atoms with E-state index in [9.17, 15) is 14.4 Å². The van der Waals surface area contributed by atoms with Gasteiger partial charge in [0.05, 0.1) is 11.8 Å². The van der Waals surface area contributed by atoms with Gasteiger partial charge in [-0.1, -0.05) is 69.3 Å². The third-order valence-corrected chi connectivity index (χ3v) is 5.97. The van der Waals surface area contributed by atoms with Crippen molar-refractivity contribution in [3.05, 3.63) is 59.7 Å². The first-order valence-electron chi connectivity index (χ1n) is 11.4. The van der Waals surface area contributed by atoms with E-state index < -0.39 is 23.9 Å². The summed E-state index contributed by atoms with van der Waals surface area (Å²) in [7, 11) is 0. The van der Waals surface area contributed by atoms with E-state index >= 15 is 0 Å². The number of fused-ring (bicyclic) bond motifs is 3. The number of alkyl carbamates (subject to hydrolysis) is 1. The number of carbonyl (C=O) groups is 3. The van der Waals surface area contributed by atoms with Crippen molar-refractivity contribution in [3.63, 3.8) is 0 Å². The molecule has 176 valence electrons. The second kappa shape index (κ2) is 11.0. The molecule has 2 unspecified atom stereocenters. The van der Waals surface area contributed by atoms with Crippen LogP contribution < -0.4 is 10.6 Å². The lowest BCUT2D eigenvalue weighted by Crippen LogP contribution is -2.41. The summed E-state index contributed by atoms with van der Waals surface area (Å²) >= 11 is 0. The maximum Gasteiger partial charge on any atom is 0.407 e. The highest BCUT2D eigenvalue weighted by molar-refractivity contribution is 5.81. The molecule has 0 saturated heterocycles. The zero-order chi connectivity index (χ0) is 24.0. The van der Waals surface area contributed by atoms with Crippen molar-refractivity contribution in [2.75, 3.05) is 19.7 Å². The first kappa shape index (κ1) is 24.3. The van der Waals surface area contributed by atoms with Gasteiger partial charge >= 0.3 is 12.1 Å². The van der Waals surface area contributed by atoms with Crippen LogP contribution in [0.2, 0.25) is 0 Å². The number of amides is 2. The van der Waals surface area contributed by atoms with Crippen LogP contribution in [0.25, 0.3) is 11.1 Å². The fourth-order valence-corrected chi connectivity index (χ4v) is 4.19. The van der Waals surface area contributed by atoms with Crippen molar-refractivity contribution in [3.8, 4) is 11.1 Å². The van der Waals surface area contributed by atoms with Crippen LogP contribution in [0, 0.1) is 17.8 Å². The SMILES string of the molecule is CC(C)CC(CNC(=O)OCC1c2ccccc2-c2ccccc21)C(=O)NCC(C)C(=O)O. The molecule has 2 atom stereocenters. The number of carbonyl (C=O) groups excluding carboxylic acids is 2. The Morgan fingerprint density at radius 3 is 2.03 bits per heavy atom. The van der Waals surface area contributed by atoms with Gasteiger partial charge in [0, 0.05) is 19.0 Å². The zero-order valence-corrected chi connectivity index (χ0v) is 19.3. The number of ether oxygens (including phenoxy) is 1. The standard InChI is InChI=1S/C26H32N2O5/c1-16(2)12-18(24(29)27-13-17(3)25(30)31)14-28-26(32)33-15-23-21-10-6-4-8-19(21)20-9-5-7-11-22(20)23/h4-11,16-18,23H,12-15H2,1-3H3,(H,27,29)(H,28,32)(H,30,31). The van der Waals surface area contributed by atoms with E-state index in [1.54, 1.807) is 0 Å². The maximum absolute atomic E-state index is 12.6. The number of carboxylic acid groups (broad SMARTS) is 1. The van der Waals surface area contributed by atoms with Gasteiger partial charge in [0.15, 0.2) is 0 Å². The van der Waals surface area contributed by atoms with Crippen molar-refractivity contribution >= 4 is 18.0 Å². The molecule has 2 aromatic carbocycles. The van der Waals surface area contributed by atoms with E-state index in [1.165, 1.54) is 6.92 Å². The number of nitrogens with one attached hydrogen (secondary N) is 2. The second-order valence-corrected chi connectivity index (χ2v) is 9.02. The predicted octanol–water partition coefficient (Wildman–Crippen LogP) is 4.02. The maximum atomic E-state index is 12.6. The van der Waals surface area contributed by atoms with Crippen molar-refractivity contribution in [1.29, 1.82) is 0 Å². The van der Waals surface area contributed by atoms with E-state index in [0.29, 0.717) is 6.42 Å². The van der Waals surface area contributed by atoms with Gasteiger partial charge in [-0.05, 0) is 34.6 Å². The molecule has 3 rings (SSSR count). The minimum atomic E-state index is -0.965. The Kier molecular flexibility index (Phi) is 8.09. The molecule has 1 aliphatic rings. The molecule has 2 amide bonds. The van der Waals surface area contributed by atoms with Gasteiger partial charge in [-0.25, -0.2) is 4.79 Å². The van der Waals surface area contributed by atoms with Gasteiger partial charge in [0.1, 0.15) is 6.61 Å². The lowest BCUT2D eigenvalue weighted by atomic mass is 9.96. The summed E-state index contributed by atoms with van der Waals surface area (Å²) in [5.41, 5.74) is 4.59. The number of rotatable bonds is 10. The lowest BCUT2D eigenvalue weighted by molar-refractivity contribution is -0.141. The third-order valence-electron chi connectivity index (χ3n) is 5.97. The molecule has 0 bridgehead atoms. The summed E-state index contributed by atoms with van der Waals surface area (Å²) in [6.45, 7) is 5.91. The third kappa shape index (κ3) is 6.12. The van der Waals surface area contributed by atoms with Gasteiger partial charge in [-0.2, -0.15) is 0 Å². The van der Waals surface area contributed by atoms with Crippen LogP contribution in [0.15, 0.2) is 48.5 Å². The number of hydrogen-bond donors (Lipinski definition) is 3. The number of aliphatic carboxylic acids is 1. The quantitative estimate of drug-likeness (QED) is 0.505. The molecule has 3 N–H and O–H groups in total. The number of benzene rings is 2. The average molecular weight is 453 g/mol. The van der Waals surface area contributed by atoms with Gasteiger partial charge in [0.2, 0.25) is 5.91 Å². The highest BCUT2D eigenvalue weighted by Gasteiger charge is 2.29. The highest BCUT2D eigenvalue weighted by atomic mass is 16.5. The topological polar surface area (TPSA) is 105 Å². The summed E-state index contributed by atoms with van der Waals surface area (Å²) in [6.07, 6.45) is -0.00551. The summed E-state index contributed by atoms with van der Waals surface area (Å²) in [5.74, 6) is -2.17. The molecule has 7 heteroatoms. The van der Waals surface area contributed by atoms with Crippen LogP contribution in [-0.2, 0) is 14.3 Å². The summed E-state index contributed by atoms with van der Waals surface area (Å²) in [5, 5.41) is 14.4. The van der Waals surface area contributed by atoms with E-state index in [0.717, 1.165) is 22.3 Å². The molecule has 0 fully saturated rings. The van der Waals surface area contributed by atoms with E-state index in [2.05, 4.69) is 34.9 Å². The number of carboxylic acids is 1. The van der Waals surface area contributed by atoms with Crippen LogP contribution in [0.3, 0.4) is 0 Å². The molecule has 0 saturated carbocycles. The average Bonchev–Trinajstić information content (AvgIpc) is 3.12. The molecule has 2 aromatic rings. The van der Waals surface area contributed by atoms with Crippen molar-refractivity contribution in [2.24, 2.45) is 17.8 Å². The van der Waals surface area contributed by atoms with E-state index in [4.69, 9.17) is 9.84 Å². The summed E-state index contributed by atoms with van der Waals surface area (Å²) in [6, 6.07) is 16.2. The van der Waals surface area contributed by atoms with E-state index in [1.807, 2.05) is 38.1 Å². The molecule has 0 heterocycles. The van der Waals surface area contributed by atoms with Crippen LogP contribution >= 0.6 is 0 Å².